The third-order valence-electron chi connectivity index (χ3n) is 3.06. The topological polar surface area (TPSA) is 90.0 Å². The first-order valence-corrected chi connectivity index (χ1v) is 8.00. The summed E-state index contributed by atoms with van der Waals surface area (Å²) in [5, 5.41) is 3.86. The minimum atomic E-state index is -3.58. The van der Waals surface area contributed by atoms with E-state index in [9.17, 15) is 8.42 Å². The molecule has 0 aliphatic carbocycles. The second-order valence-electron chi connectivity index (χ2n) is 4.70. The molecule has 0 amide bonds. The summed E-state index contributed by atoms with van der Waals surface area (Å²) in [6.07, 6.45) is 5.94. The van der Waals surface area contributed by atoms with Gasteiger partial charge in [0, 0.05) is 26.0 Å². The zero-order chi connectivity index (χ0) is 15.6. The van der Waals surface area contributed by atoms with Gasteiger partial charge < -0.3 is 4.42 Å². The van der Waals surface area contributed by atoms with Crippen molar-refractivity contribution in [2.75, 3.05) is 0 Å². The summed E-state index contributed by atoms with van der Waals surface area (Å²) in [7, 11) is -1.92. The minimum absolute atomic E-state index is 0.135. The molecule has 0 unspecified atom stereocenters. The number of nitrogens with one attached hydrogen (secondary N) is 1. The van der Waals surface area contributed by atoms with E-state index in [-0.39, 0.29) is 11.4 Å². The van der Waals surface area contributed by atoms with Gasteiger partial charge in [0.05, 0.1) is 12.5 Å². The molecule has 3 aromatic rings. The molecular weight excluding hydrogens is 304 g/mol. The molecule has 0 bridgehead atoms. The Morgan fingerprint density at radius 3 is 2.91 bits per heavy atom. The number of aromatic nitrogens is 3. The Kier molecular flexibility index (Phi) is 3.78. The molecule has 7 nitrogen and oxygen atoms in total. The number of pyridine rings is 1. The minimum Gasteiger partial charge on any atom is -0.463 e. The lowest BCUT2D eigenvalue weighted by Crippen LogP contribution is -2.22. The molecule has 0 radical (unpaired) electrons. The lowest BCUT2D eigenvalue weighted by molar-refractivity contribution is 0.579. The highest BCUT2D eigenvalue weighted by atomic mass is 32.2. The van der Waals surface area contributed by atoms with E-state index < -0.39 is 10.0 Å². The Labute approximate surface area is 127 Å². The van der Waals surface area contributed by atoms with E-state index in [2.05, 4.69) is 14.8 Å². The quantitative estimate of drug-likeness (QED) is 0.771. The van der Waals surface area contributed by atoms with Gasteiger partial charge >= 0.3 is 0 Å². The van der Waals surface area contributed by atoms with E-state index in [0.717, 1.165) is 5.56 Å². The number of furan rings is 1. The molecule has 114 valence electrons. The van der Waals surface area contributed by atoms with Crippen LogP contribution in [-0.4, -0.2) is 23.2 Å². The van der Waals surface area contributed by atoms with Crippen LogP contribution in [0.1, 0.15) is 5.56 Å². The molecule has 1 N–H and O–H groups in total. The fraction of sp³-hybridized carbons (Fsp3) is 0.143. The third-order valence-corrected chi connectivity index (χ3v) is 4.41. The first-order valence-electron chi connectivity index (χ1n) is 6.52. The van der Waals surface area contributed by atoms with Crippen LogP contribution in [0.5, 0.6) is 0 Å². The molecule has 3 heterocycles. The summed E-state index contributed by atoms with van der Waals surface area (Å²) in [4.78, 5) is 4.34. The van der Waals surface area contributed by atoms with E-state index >= 15 is 0 Å². The van der Waals surface area contributed by atoms with Crippen molar-refractivity contribution >= 4 is 10.0 Å². The molecule has 0 fully saturated rings. The molecule has 22 heavy (non-hydrogen) atoms. The van der Waals surface area contributed by atoms with Crippen LogP contribution in [0.2, 0.25) is 0 Å². The van der Waals surface area contributed by atoms with Gasteiger partial charge in [-0.1, -0.05) is 0 Å². The van der Waals surface area contributed by atoms with Gasteiger partial charge in [0.25, 0.3) is 0 Å². The van der Waals surface area contributed by atoms with Crippen LogP contribution in [-0.2, 0) is 23.6 Å². The normalized spacial score (nSPS) is 11.7. The highest BCUT2D eigenvalue weighted by Crippen LogP contribution is 2.18. The van der Waals surface area contributed by atoms with E-state index in [1.54, 1.807) is 43.8 Å². The highest BCUT2D eigenvalue weighted by Gasteiger charge is 2.15. The van der Waals surface area contributed by atoms with Crippen LogP contribution in [0.4, 0.5) is 0 Å². The molecule has 0 aliphatic heterocycles. The fourth-order valence-electron chi connectivity index (χ4n) is 1.94. The van der Waals surface area contributed by atoms with Gasteiger partial charge in [-0.3, -0.25) is 9.67 Å². The van der Waals surface area contributed by atoms with Crippen molar-refractivity contribution in [3.8, 4) is 11.5 Å². The zero-order valence-electron chi connectivity index (χ0n) is 11.8. The lowest BCUT2D eigenvalue weighted by atomic mass is 10.2. The lowest BCUT2D eigenvalue weighted by Gasteiger charge is -2.05. The van der Waals surface area contributed by atoms with Crippen LogP contribution >= 0.6 is 0 Å². The maximum absolute atomic E-state index is 12.1. The molecule has 3 aromatic heterocycles. The summed E-state index contributed by atoms with van der Waals surface area (Å²) in [5.41, 5.74) is 1.44. The number of hydrogen-bond donors (Lipinski definition) is 1. The first-order chi connectivity index (χ1) is 10.5. The second-order valence-corrected chi connectivity index (χ2v) is 6.47. The molecule has 0 spiro atoms. The van der Waals surface area contributed by atoms with Gasteiger partial charge in [-0.05, 0) is 29.8 Å². The Morgan fingerprint density at radius 2 is 2.23 bits per heavy atom. The summed E-state index contributed by atoms with van der Waals surface area (Å²) < 4.78 is 33.5. The van der Waals surface area contributed by atoms with Crippen molar-refractivity contribution in [1.82, 2.24) is 19.5 Å². The average molecular weight is 318 g/mol. The van der Waals surface area contributed by atoms with Crippen LogP contribution in [0.15, 0.2) is 58.4 Å². The van der Waals surface area contributed by atoms with Gasteiger partial charge in [-0.15, -0.1) is 0 Å². The summed E-state index contributed by atoms with van der Waals surface area (Å²) in [6.45, 7) is 0.160. The van der Waals surface area contributed by atoms with Crippen molar-refractivity contribution in [2.24, 2.45) is 7.05 Å². The molecule has 0 saturated heterocycles. The van der Waals surface area contributed by atoms with Crippen molar-refractivity contribution < 1.29 is 12.8 Å². The molecule has 8 heteroatoms. The summed E-state index contributed by atoms with van der Waals surface area (Å²) in [6, 6.07) is 7.10. The SMILES string of the molecule is Cn1cc(S(=O)(=O)NCc2ccnc(-c3ccco3)c2)cn1. The van der Waals surface area contributed by atoms with Crippen LogP contribution in [0.25, 0.3) is 11.5 Å². The number of aryl methyl sites for hydroxylation is 1. The number of nitrogens with zero attached hydrogens (tertiary/aromatic N) is 3. The Bertz CT molecular complexity index is 869. The Morgan fingerprint density at radius 1 is 1.36 bits per heavy atom. The molecule has 0 atom stereocenters. The maximum Gasteiger partial charge on any atom is 0.243 e. The molecule has 0 saturated carbocycles. The number of hydrogen-bond acceptors (Lipinski definition) is 5. The monoisotopic (exact) mass is 318 g/mol. The smallest absolute Gasteiger partial charge is 0.243 e. The van der Waals surface area contributed by atoms with Crippen molar-refractivity contribution in [2.45, 2.75) is 11.4 Å². The van der Waals surface area contributed by atoms with Gasteiger partial charge in [0.15, 0.2) is 5.76 Å². The molecular formula is C14H14N4O3S. The van der Waals surface area contributed by atoms with Gasteiger partial charge in [-0.25, -0.2) is 13.1 Å². The fourth-order valence-corrected chi connectivity index (χ4v) is 2.94. The highest BCUT2D eigenvalue weighted by molar-refractivity contribution is 7.89. The van der Waals surface area contributed by atoms with Gasteiger partial charge in [0.1, 0.15) is 10.6 Å². The third kappa shape index (κ3) is 3.07. The van der Waals surface area contributed by atoms with E-state index in [1.807, 2.05) is 0 Å². The second kappa shape index (κ2) is 5.74. The van der Waals surface area contributed by atoms with E-state index in [1.165, 1.54) is 17.1 Å². The van der Waals surface area contributed by atoms with Crippen molar-refractivity contribution in [3.63, 3.8) is 0 Å². The Balaban J connectivity index is 1.75. The molecule has 3 rings (SSSR count). The summed E-state index contributed by atoms with van der Waals surface area (Å²) in [5.74, 6) is 0.636. The van der Waals surface area contributed by atoms with Crippen molar-refractivity contribution in [1.29, 1.82) is 0 Å². The van der Waals surface area contributed by atoms with Gasteiger partial charge in [0.2, 0.25) is 10.0 Å². The maximum atomic E-state index is 12.1. The van der Waals surface area contributed by atoms with Crippen LogP contribution < -0.4 is 4.72 Å². The average Bonchev–Trinajstić information content (AvgIpc) is 3.17. The number of sulfonamides is 1. The van der Waals surface area contributed by atoms with Gasteiger partial charge in [-0.2, -0.15) is 5.10 Å². The number of rotatable bonds is 5. The first kappa shape index (κ1) is 14.5. The predicted octanol–water partition coefficient (Wildman–Crippen LogP) is 1.55. The van der Waals surface area contributed by atoms with Crippen LogP contribution in [0, 0.1) is 0 Å². The Hall–Kier alpha value is -2.45. The van der Waals surface area contributed by atoms with Crippen LogP contribution in [0.3, 0.4) is 0 Å². The zero-order valence-corrected chi connectivity index (χ0v) is 12.6. The summed E-state index contributed by atoms with van der Waals surface area (Å²) >= 11 is 0. The molecule has 0 aliphatic rings. The predicted molar refractivity (Wildman–Crippen MR) is 79.2 cm³/mol. The van der Waals surface area contributed by atoms with E-state index in [0.29, 0.717) is 11.5 Å². The standard InChI is InChI=1S/C14H14N4O3S/c1-18-10-12(9-16-18)22(19,20)17-8-11-4-5-15-13(7-11)14-3-2-6-21-14/h2-7,9-10,17H,8H2,1H3. The van der Waals surface area contributed by atoms with E-state index in [4.69, 9.17) is 4.42 Å². The van der Waals surface area contributed by atoms with Crippen molar-refractivity contribution in [3.05, 3.63) is 54.7 Å². The molecule has 0 aromatic carbocycles. The largest absolute Gasteiger partial charge is 0.463 e.